The Morgan fingerprint density at radius 3 is 2.82 bits per heavy atom. The Bertz CT molecular complexity index is 515. The van der Waals surface area contributed by atoms with Crippen LogP contribution < -0.4 is 4.74 Å². The third-order valence-corrected chi connectivity index (χ3v) is 3.36. The first-order valence-electron chi connectivity index (χ1n) is 7.32. The van der Waals surface area contributed by atoms with Gasteiger partial charge in [0, 0.05) is 6.54 Å². The molecule has 1 aromatic carbocycles. The molecule has 1 unspecified atom stereocenters. The molecule has 1 amide bonds. The Morgan fingerprint density at radius 2 is 2.14 bits per heavy atom. The summed E-state index contributed by atoms with van der Waals surface area (Å²) < 4.78 is 16.7. The molecule has 0 spiro atoms. The molecule has 22 heavy (non-hydrogen) atoms. The number of benzene rings is 1. The highest BCUT2D eigenvalue weighted by Gasteiger charge is 2.28. The van der Waals surface area contributed by atoms with Crippen LogP contribution in [0.1, 0.15) is 20.8 Å². The maximum atomic E-state index is 12.1. The van der Waals surface area contributed by atoms with E-state index in [4.69, 9.17) is 25.8 Å². The molecular weight excluding hydrogens is 306 g/mol. The lowest BCUT2D eigenvalue weighted by Crippen LogP contribution is -2.49. The third kappa shape index (κ3) is 5.07. The number of halogens is 1. The van der Waals surface area contributed by atoms with Crippen LogP contribution in [0.3, 0.4) is 0 Å². The van der Waals surface area contributed by atoms with E-state index in [1.807, 2.05) is 32.9 Å². The summed E-state index contributed by atoms with van der Waals surface area (Å²) in [6.45, 7) is 7.33. The Hall–Kier alpha value is -1.46. The Kier molecular flexibility index (Phi) is 5.53. The molecule has 1 aromatic rings. The zero-order chi connectivity index (χ0) is 16.2. The van der Waals surface area contributed by atoms with Crippen molar-refractivity contribution in [2.24, 2.45) is 0 Å². The van der Waals surface area contributed by atoms with Crippen LogP contribution in [0.2, 0.25) is 5.02 Å². The van der Waals surface area contributed by atoms with Gasteiger partial charge in [0.2, 0.25) is 0 Å². The van der Waals surface area contributed by atoms with Gasteiger partial charge < -0.3 is 19.1 Å². The molecule has 6 heteroatoms. The molecule has 1 saturated heterocycles. The number of hydrogen-bond acceptors (Lipinski definition) is 4. The molecule has 1 aliphatic heterocycles. The molecule has 1 atom stereocenters. The van der Waals surface area contributed by atoms with Crippen molar-refractivity contribution in [3.8, 4) is 5.75 Å². The van der Waals surface area contributed by atoms with Crippen LogP contribution in [-0.2, 0) is 9.47 Å². The fraction of sp³-hybridized carbons (Fsp3) is 0.562. The lowest BCUT2D eigenvalue weighted by Gasteiger charge is -2.34. The molecule has 122 valence electrons. The van der Waals surface area contributed by atoms with Gasteiger partial charge in [-0.25, -0.2) is 4.79 Å². The van der Waals surface area contributed by atoms with E-state index in [0.717, 1.165) is 0 Å². The number of ether oxygens (including phenoxy) is 3. The van der Waals surface area contributed by atoms with Crippen LogP contribution in [-0.4, -0.2) is 49.0 Å². The largest absolute Gasteiger partial charge is 0.489 e. The van der Waals surface area contributed by atoms with Crippen molar-refractivity contribution in [2.45, 2.75) is 32.5 Å². The molecular formula is C16H22ClNO4. The van der Waals surface area contributed by atoms with E-state index in [9.17, 15) is 4.79 Å². The summed E-state index contributed by atoms with van der Waals surface area (Å²) in [5.41, 5.74) is -0.501. The molecule has 0 radical (unpaired) electrons. The molecule has 1 heterocycles. The zero-order valence-corrected chi connectivity index (χ0v) is 13.9. The summed E-state index contributed by atoms with van der Waals surface area (Å²) in [6, 6.07) is 7.27. The topological polar surface area (TPSA) is 48.0 Å². The number of rotatable bonds is 3. The van der Waals surface area contributed by atoms with E-state index in [-0.39, 0.29) is 12.2 Å². The van der Waals surface area contributed by atoms with Crippen molar-refractivity contribution >= 4 is 17.7 Å². The van der Waals surface area contributed by atoms with E-state index < -0.39 is 5.60 Å². The molecule has 5 nitrogen and oxygen atoms in total. The van der Waals surface area contributed by atoms with Crippen molar-refractivity contribution in [3.63, 3.8) is 0 Å². The van der Waals surface area contributed by atoms with Gasteiger partial charge in [0.15, 0.2) is 0 Å². The molecule has 2 rings (SSSR count). The summed E-state index contributed by atoms with van der Waals surface area (Å²) in [4.78, 5) is 13.7. The van der Waals surface area contributed by atoms with E-state index in [1.165, 1.54) is 0 Å². The Balaban J connectivity index is 1.86. The molecule has 1 aliphatic rings. The zero-order valence-electron chi connectivity index (χ0n) is 13.2. The normalized spacial score (nSPS) is 18.9. The number of nitrogens with zero attached hydrogens (tertiary/aromatic N) is 1. The van der Waals surface area contributed by atoms with Gasteiger partial charge in [-0.15, -0.1) is 0 Å². The van der Waals surface area contributed by atoms with Crippen molar-refractivity contribution < 1.29 is 19.0 Å². The van der Waals surface area contributed by atoms with Crippen LogP contribution in [0.15, 0.2) is 24.3 Å². The highest BCUT2D eigenvalue weighted by atomic mass is 35.5. The number of morpholine rings is 1. The number of hydrogen-bond donors (Lipinski definition) is 0. The van der Waals surface area contributed by atoms with Crippen molar-refractivity contribution in [2.75, 3.05) is 26.3 Å². The summed E-state index contributed by atoms with van der Waals surface area (Å²) in [7, 11) is 0. The van der Waals surface area contributed by atoms with Crippen LogP contribution in [0.4, 0.5) is 4.79 Å². The van der Waals surface area contributed by atoms with Gasteiger partial charge in [0.05, 0.1) is 18.2 Å². The van der Waals surface area contributed by atoms with Crippen LogP contribution in [0.25, 0.3) is 0 Å². The van der Waals surface area contributed by atoms with E-state index in [2.05, 4.69) is 0 Å². The van der Waals surface area contributed by atoms with Crippen molar-refractivity contribution in [3.05, 3.63) is 29.3 Å². The van der Waals surface area contributed by atoms with Gasteiger partial charge in [-0.3, -0.25) is 0 Å². The maximum absolute atomic E-state index is 12.1. The Labute approximate surface area is 136 Å². The Morgan fingerprint density at radius 1 is 1.41 bits per heavy atom. The highest BCUT2D eigenvalue weighted by Crippen LogP contribution is 2.23. The monoisotopic (exact) mass is 327 g/mol. The SMILES string of the molecule is CC(C)(C)OC(=O)N1CCOC(COc2ccccc2Cl)C1. The van der Waals surface area contributed by atoms with Crippen molar-refractivity contribution in [1.29, 1.82) is 0 Å². The minimum Gasteiger partial charge on any atom is -0.489 e. The first-order chi connectivity index (χ1) is 10.3. The van der Waals surface area contributed by atoms with Crippen LogP contribution >= 0.6 is 11.6 Å². The minimum absolute atomic E-state index is 0.197. The second-order valence-corrected chi connectivity index (χ2v) is 6.57. The number of amides is 1. The maximum Gasteiger partial charge on any atom is 0.410 e. The van der Waals surface area contributed by atoms with E-state index in [0.29, 0.717) is 37.1 Å². The molecule has 1 fully saturated rings. The van der Waals surface area contributed by atoms with E-state index in [1.54, 1.807) is 17.0 Å². The highest BCUT2D eigenvalue weighted by molar-refractivity contribution is 6.32. The van der Waals surface area contributed by atoms with Crippen LogP contribution in [0.5, 0.6) is 5.75 Å². The predicted octanol–water partition coefficient (Wildman–Crippen LogP) is 3.35. The fourth-order valence-corrected chi connectivity index (χ4v) is 2.25. The predicted molar refractivity (Wildman–Crippen MR) is 84.5 cm³/mol. The first kappa shape index (κ1) is 16.9. The quantitative estimate of drug-likeness (QED) is 0.854. The van der Waals surface area contributed by atoms with E-state index >= 15 is 0 Å². The number of carbonyl (C=O) groups excluding carboxylic acids is 1. The van der Waals surface area contributed by atoms with Gasteiger partial charge in [0.1, 0.15) is 24.1 Å². The fourth-order valence-electron chi connectivity index (χ4n) is 2.06. The summed E-state index contributed by atoms with van der Waals surface area (Å²) >= 11 is 6.04. The van der Waals surface area contributed by atoms with Crippen LogP contribution in [0, 0.1) is 0 Å². The lowest BCUT2D eigenvalue weighted by atomic mass is 10.2. The third-order valence-electron chi connectivity index (χ3n) is 3.05. The minimum atomic E-state index is -0.501. The lowest BCUT2D eigenvalue weighted by molar-refractivity contribution is -0.0557. The van der Waals surface area contributed by atoms with Gasteiger partial charge in [-0.05, 0) is 32.9 Å². The molecule has 0 aromatic heterocycles. The standard InChI is InChI=1S/C16H22ClNO4/c1-16(2,3)22-15(19)18-8-9-20-12(10-18)11-21-14-7-5-4-6-13(14)17/h4-7,12H,8-11H2,1-3H3. The second kappa shape index (κ2) is 7.20. The smallest absolute Gasteiger partial charge is 0.410 e. The molecule has 0 bridgehead atoms. The molecule has 0 aliphatic carbocycles. The van der Waals surface area contributed by atoms with Gasteiger partial charge in [-0.2, -0.15) is 0 Å². The summed E-state index contributed by atoms with van der Waals surface area (Å²) in [5.74, 6) is 0.613. The van der Waals surface area contributed by atoms with Gasteiger partial charge in [0.25, 0.3) is 0 Å². The summed E-state index contributed by atoms with van der Waals surface area (Å²) in [5, 5.41) is 0.558. The molecule has 0 N–H and O–H groups in total. The molecule has 0 saturated carbocycles. The van der Waals surface area contributed by atoms with Gasteiger partial charge in [-0.1, -0.05) is 23.7 Å². The number of para-hydroxylation sites is 1. The second-order valence-electron chi connectivity index (χ2n) is 6.16. The van der Waals surface area contributed by atoms with Gasteiger partial charge >= 0.3 is 6.09 Å². The first-order valence-corrected chi connectivity index (χ1v) is 7.70. The van der Waals surface area contributed by atoms with Crippen molar-refractivity contribution in [1.82, 2.24) is 4.90 Å². The summed E-state index contributed by atoms with van der Waals surface area (Å²) in [6.07, 6.45) is -0.518. The average molecular weight is 328 g/mol. The number of carbonyl (C=O) groups is 1. The average Bonchev–Trinajstić information content (AvgIpc) is 2.45.